The van der Waals surface area contributed by atoms with Gasteiger partial charge in [0.1, 0.15) is 12.0 Å². The first-order chi connectivity index (χ1) is 11.5. The van der Waals surface area contributed by atoms with Gasteiger partial charge in [0, 0.05) is 17.3 Å². The van der Waals surface area contributed by atoms with Gasteiger partial charge in [-0.05, 0) is 49.6 Å². The third kappa shape index (κ3) is 4.59. The Kier molecular flexibility index (Phi) is 5.95. The molecule has 24 heavy (non-hydrogen) atoms. The van der Waals surface area contributed by atoms with Crippen molar-refractivity contribution in [3.8, 4) is 5.75 Å². The van der Waals surface area contributed by atoms with Gasteiger partial charge in [0.05, 0.1) is 7.11 Å². The van der Waals surface area contributed by atoms with Crippen molar-refractivity contribution in [2.75, 3.05) is 12.4 Å². The van der Waals surface area contributed by atoms with Gasteiger partial charge in [-0.3, -0.25) is 4.79 Å². The highest BCUT2D eigenvalue weighted by atomic mass is 16.5. The Morgan fingerprint density at radius 1 is 1.21 bits per heavy atom. The molecule has 126 valence electrons. The first-order valence-corrected chi connectivity index (χ1v) is 7.78. The molecule has 2 N–H and O–H groups in total. The van der Waals surface area contributed by atoms with Crippen molar-refractivity contribution in [1.29, 1.82) is 0 Å². The number of carbonyl (C=O) groups is 2. The Labute approximate surface area is 142 Å². The molecule has 0 aliphatic rings. The Morgan fingerprint density at radius 2 is 1.92 bits per heavy atom. The summed E-state index contributed by atoms with van der Waals surface area (Å²) in [6.45, 7) is 3.75. The number of hydrogen-bond acceptors (Lipinski definition) is 3. The summed E-state index contributed by atoms with van der Waals surface area (Å²) in [6.07, 6.45) is 1.50. The highest BCUT2D eigenvalue weighted by molar-refractivity contribution is 5.92. The molecule has 2 aromatic rings. The molecule has 0 aliphatic carbocycles. The van der Waals surface area contributed by atoms with Crippen LogP contribution in [0.1, 0.15) is 28.4 Å². The van der Waals surface area contributed by atoms with E-state index in [1.54, 1.807) is 32.2 Å². The molecular weight excluding hydrogens is 304 g/mol. The van der Waals surface area contributed by atoms with Gasteiger partial charge in [0.2, 0.25) is 0 Å². The summed E-state index contributed by atoms with van der Waals surface area (Å²) in [5, 5.41) is 5.69. The number of urea groups is 1. The van der Waals surface area contributed by atoms with E-state index in [4.69, 9.17) is 4.74 Å². The van der Waals surface area contributed by atoms with Crippen molar-refractivity contribution in [3.63, 3.8) is 0 Å². The number of hydrogen-bond donors (Lipinski definition) is 2. The van der Waals surface area contributed by atoms with Gasteiger partial charge in [-0.25, -0.2) is 4.79 Å². The summed E-state index contributed by atoms with van der Waals surface area (Å²) in [5.41, 5.74) is 3.07. The van der Waals surface area contributed by atoms with Gasteiger partial charge < -0.3 is 15.4 Å². The van der Waals surface area contributed by atoms with E-state index in [0.29, 0.717) is 17.7 Å². The summed E-state index contributed by atoms with van der Waals surface area (Å²) in [6, 6.07) is 12.7. The maximum Gasteiger partial charge on any atom is 0.319 e. The van der Waals surface area contributed by atoms with Crippen molar-refractivity contribution >= 4 is 18.0 Å². The number of aldehydes is 1. The largest absolute Gasteiger partial charge is 0.497 e. The molecule has 0 radical (unpaired) electrons. The number of anilines is 1. The van der Waals surface area contributed by atoms with Crippen LogP contribution in [0.2, 0.25) is 0 Å². The number of nitrogens with one attached hydrogen (secondary N) is 2. The van der Waals surface area contributed by atoms with E-state index in [1.165, 1.54) is 0 Å². The third-order valence-electron chi connectivity index (χ3n) is 3.83. The molecule has 0 bridgehead atoms. The molecule has 2 rings (SSSR count). The van der Waals surface area contributed by atoms with Crippen LogP contribution in [-0.4, -0.2) is 25.5 Å². The molecule has 0 spiro atoms. The van der Waals surface area contributed by atoms with E-state index in [-0.39, 0.29) is 12.1 Å². The number of ether oxygens (including phenoxy) is 1. The second-order valence-electron chi connectivity index (χ2n) is 5.69. The average molecular weight is 326 g/mol. The number of rotatable bonds is 6. The second-order valence-corrected chi connectivity index (χ2v) is 5.69. The highest BCUT2D eigenvalue weighted by Gasteiger charge is 2.10. The maximum atomic E-state index is 12.1. The minimum Gasteiger partial charge on any atom is -0.497 e. The monoisotopic (exact) mass is 326 g/mol. The van der Waals surface area contributed by atoms with E-state index in [0.717, 1.165) is 23.2 Å². The van der Waals surface area contributed by atoms with Crippen molar-refractivity contribution in [2.24, 2.45) is 0 Å². The Morgan fingerprint density at radius 3 is 2.54 bits per heavy atom. The average Bonchev–Trinajstić information content (AvgIpc) is 2.57. The molecule has 1 unspecified atom stereocenters. The summed E-state index contributed by atoms with van der Waals surface area (Å²) in [4.78, 5) is 23.1. The Hall–Kier alpha value is -2.82. The van der Waals surface area contributed by atoms with E-state index < -0.39 is 0 Å². The van der Waals surface area contributed by atoms with Gasteiger partial charge >= 0.3 is 6.03 Å². The van der Waals surface area contributed by atoms with Crippen LogP contribution in [-0.2, 0) is 6.42 Å². The lowest BCUT2D eigenvalue weighted by molar-refractivity contribution is 0.112. The molecule has 0 saturated carbocycles. The molecule has 2 amide bonds. The van der Waals surface area contributed by atoms with Crippen LogP contribution in [0, 0.1) is 6.92 Å². The minimum absolute atomic E-state index is 0.0343. The summed E-state index contributed by atoms with van der Waals surface area (Å²) >= 11 is 0. The van der Waals surface area contributed by atoms with E-state index in [2.05, 4.69) is 10.6 Å². The van der Waals surface area contributed by atoms with Gasteiger partial charge in [-0.2, -0.15) is 0 Å². The molecule has 1 atom stereocenters. The fourth-order valence-corrected chi connectivity index (χ4v) is 2.46. The molecule has 0 heterocycles. The number of carbonyl (C=O) groups excluding carboxylic acids is 2. The van der Waals surface area contributed by atoms with Gasteiger partial charge in [-0.1, -0.05) is 24.3 Å². The Bertz CT molecular complexity index is 711. The van der Waals surface area contributed by atoms with Crippen LogP contribution in [0.3, 0.4) is 0 Å². The predicted octanol–water partition coefficient (Wildman–Crippen LogP) is 3.57. The van der Waals surface area contributed by atoms with Crippen LogP contribution < -0.4 is 15.4 Å². The number of amides is 2. The minimum atomic E-state index is -0.290. The number of methoxy groups -OCH3 is 1. The zero-order valence-electron chi connectivity index (χ0n) is 14.1. The zero-order valence-corrected chi connectivity index (χ0v) is 14.1. The van der Waals surface area contributed by atoms with Gasteiger partial charge in [0.25, 0.3) is 0 Å². The second kappa shape index (κ2) is 8.15. The van der Waals surface area contributed by atoms with E-state index in [9.17, 15) is 9.59 Å². The third-order valence-corrected chi connectivity index (χ3v) is 3.83. The van der Waals surface area contributed by atoms with Crippen LogP contribution in [0.15, 0.2) is 42.5 Å². The van der Waals surface area contributed by atoms with E-state index >= 15 is 0 Å². The fourth-order valence-electron chi connectivity index (χ4n) is 2.46. The predicted molar refractivity (Wildman–Crippen MR) is 94.9 cm³/mol. The summed E-state index contributed by atoms with van der Waals surface area (Å²) < 4.78 is 5.13. The first kappa shape index (κ1) is 17.5. The van der Waals surface area contributed by atoms with Crippen molar-refractivity contribution in [2.45, 2.75) is 26.3 Å². The molecule has 0 saturated heterocycles. The SMILES string of the molecule is COc1ccc(CC(C)NC(=O)Nc2cccc(C=O)c2C)cc1. The molecule has 0 aromatic heterocycles. The van der Waals surface area contributed by atoms with Crippen LogP contribution in [0.5, 0.6) is 5.75 Å². The lowest BCUT2D eigenvalue weighted by Gasteiger charge is -2.16. The van der Waals surface area contributed by atoms with Gasteiger partial charge in [0.15, 0.2) is 0 Å². The molecule has 0 fully saturated rings. The summed E-state index contributed by atoms with van der Waals surface area (Å²) in [7, 11) is 1.63. The fraction of sp³-hybridized carbons (Fsp3) is 0.263. The van der Waals surface area contributed by atoms with Crippen molar-refractivity contribution in [1.82, 2.24) is 5.32 Å². The van der Waals surface area contributed by atoms with E-state index in [1.807, 2.05) is 31.2 Å². The van der Waals surface area contributed by atoms with Crippen molar-refractivity contribution in [3.05, 3.63) is 59.2 Å². The van der Waals surface area contributed by atoms with Crippen LogP contribution >= 0.6 is 0 Å². The zero-order chi connectivity index (χ0) is 17.5. The van der Waals surface area contributed by atoms with Crippen LogP contribution in [0.25, 0.3) is 0 Å². The lowest BCUT2D eigenvalue weighted by atomic mass is 10.1. The maximum absolute atomic E-state index is 12.1. The van der Waals surface area contributed by atoms with Crippen molar-refractivity contribution < 1.29 is 14.3 Å². The quantitative estimate of drug-likeness (QED) is 0.798. The van der Waals surface area contributed by atoms with Gasteiger partial charge in [-0.15, -0.1) is 0 Å². The standard InChI is InChI=1S/C19H22N2O3/c1-13(11-15-7-9-17(24-3)10-8-15)20-19(23)21-18-6-4-5-16(12-22)14(18)2/h4-10,12-13H,11H2,1-3H3,(H2,20,21,23). The smallest absolute Gasteiger partial charge is 0.319 e. The molecule has 5 nitrogen and oxygen atoms in total. The lowest BCUT2D eigenvalue weighted by Crippen LogP contribution is -2.37. The normalized spacial score (nSPS) is 11.5. The molecule has 0 aliphatic heterocycles. The molecule has 5 heteroatoms. The summed E-state index contributed by atoms with van der Waals surface area (Å²) in [5.74, 6) is 0.808. The topological polar surface area (TPSA) is 67.4 Å². The number of benzene rings is 2. The first-order valence-electron chi connectivity index (χ1n) is 7.78. The Balaban J connectivity index is 1.92. The van der Waals surface area contributed by atoms with Crippen LogP contribution in [0.4, 0.5) is 10.5 Å². The molecular formula is C19H22N2O3. The highest BCUT2D eigenvalue weighted by Crippen LogP contribution is 2.17. The molecule has 2 aromatic carbocycles.